The molecular weight excluding hydrogens is 402 g/mol. The predicted octanol–water partition coefficient (Wildman–Crippen LogP) is 2.66. The Morgan fingerprint density at radius 2 is 1.06 bits per heavy atom. The molecule has 0 unspecified atom stereocenters. The highest BCUT2D eigenvalue weighted by Crippen LogP contribution is 2.37. The molecule has 3 aromatic heterocycles. The summed E-state index contributed by atoms with van der Waals surface area (Å²) in [7, 11) is 0. The summed E-state index contributed by atoms with van der Waals surface area (Å²) < 4.78 is 2.74. The number of pyridine rings is 2. The van der Waals surface area contributed by atoms with Crippen LogP contribution in [-0.4, -0.2) is 50.1 Å². The monoisotopic (exact) mass is 430 g/mol. The standard InChI is InChI=1S/C22H28B2N6S/c1-5-27-17-11-9-15-25-21(17)29(7-3)23(27)19-13-14-20(31-19)24-28(6-2)18-12-10-16-26-22(18)30(24)8-4/h9-16H,5-8H2,1-4H3. The number of aromatic nitrogens is 2. The normalized spacial score (nSPS) is 15.2. The molecule has 0 aromatic carbocycles. The van der Waals surface area contributed by atoms with E-state index in [9.17, 15) is 0 Å². The number of nitrogens with zero attached hydrogens (tertiary/aromatic N) is 6. The lowest BCUT2D eigenvalue weighted by Crippen LogP contribution is -2.57. The molecule has 2 aliphatic heterocycles. The molecule has 5 rings (SSSR count). The first-order chi connectivity index (χ1) is 15.2. The molecule has 6 nitrogen and oxygen atoms in total. The van der Waals surface area contributed by atoms with Gasteiger partial charge >= 0.3 is 14.0 Å². The summed E-state index contributed by atoms with van der Waals surface area (Å²) in [5, 5.41) is 0. The van der Waals surface area contributed by atoms with Gasteiger partial charge in [-0.15, -0.1) is 0 Å². The quantitative estimate of drug-likeness (QED) is 0.561. The van der Waals surface area contributed by atoms with Crippen LogP contribution < -0.4 is 28.8 Å². The third kappa shape index (κ3) is 3.01. The second-order valence-electron chi connectivity index (χ2n) is 7.82. The van der Waals surface area contributed by atoms with E-state index < -0.39 is 0 Å². The predicted molar refractivity (Wildman–Crippen MR) is 136 cm³/mol. The Morgan fingerprint density at radius 3 is 1.45 bits per heavy atom. The SMILES string of the molecule is CCN1B(c2ccc(B3N(CC)c4cccnc4N3CC)s2)N(CC)c2ncccc21. The van der Waals surface area contributed by atoms with Crippen LogP contribution in [0.1, 0.15) is 27.7 Å². The van der Waals surface area contributed by atoms with E-state index in [1.165, 1.54) is 20.9 Å². The van der Waals surface area contributed by atoms with Crippen LogP contribution in [0.2, 0.25) is 0 Å². The van der Waals surface area contributed by atoms with Crippen molar-refractivity contribution in [3.05, 3.63) is 48.8 Å². The maximum absolute atomic E-state index is 4.71. The Morgan fingerprint density at radius 1 is 0.645 bits per heavy atom. The van der Waals surface area contributed by atoms with Crippen LogP contribution in [0, 0.1) is 0 Å². The molecule has 2 aliphatic rings. The zero-order valence-corrected chi connectivity index (χ0v) is 19.5. The molecule has 0 saturated heterocycles. The van der Waals surface area contributed by atoms with Crippen molar-refractivity contribution in [1.82, 2.24) is 9.97 Å². The van der Waals surface area contributed by atoms with Crippen LogP contribution in [0.25, 0.3) is 0 Å². The molecule has 158 valence electrons. The van der Waals surface area contributed by atoms with E-state index in [0.717, 1.165) is 37.8 Å². The minimum Gasteiger partial charge on any atom is -0.389 e. The van der Waals surface area contributed by atoms with Gasteiger partial charge in [0.15, 0.2) is 0 Å². The van der Waals surface area contributed by atoms with Crippen molar-refractivity contribution in [3.63, 3.8) is 0 Å². The first kappa shape index (κ1) is 20.2. The zero-order valence-electron chi connectivity index (χ0n) is 18.7. The number of rotatable bonds is 6. The molecule has 31 heavy (non-hydrogen) atoms. The summed E-state index contributed by atoms with van der Waals surface area (Å²) in [6.45, 7) is 13.1. The van der Waals surface area contributed by atoms with Gasteiger partial charge in [0.1, 0.15) is 11.6 Å². The lowest BCUT2D eigenvalue weighted by atomic mass is 9.70. The fraction of sp³-hybridized carbons (Fsp3) is 0.364. The van der Waals surface area contributed by atoms with E-state index in [2.05, 4.69) is 71.2 Å². The number of anilines is 4. The average Bonchev–Trinajstić information content (AvgIpc) is 3.49. The van der Waals surface area contributed by atoms with E-state index >= 15 is 0 Å². The first-order valence-electron chi connectivity index (χ1n) is 11.3. The second-order valence-corrected chi connectivity index (χ2v) is 8.97. The minimum atomic E-state index is 0.200. The molecule has 0 N–H and O–H groups in total. The summed E-state index contributed by atoms with van der Waals surface area (Å²) in [6, 6.07) is 13.1. The highest BCUT2D eigenvalue weighted by Gasteiger charge is 2.45. The topological polar surface area (TPSA) is 38.7 Å². The Bertz CT molecular complexity index is 931. The van der Waals surface area contributed by atoms with Crippen LogP contribution in [0.3, 0.4) is 0 Å². The van der Waals surface area contributed by atoms with Crippen molar-refractivity contribution in [2.24, 2.45) is 0 Å². The number of hydrogen-bond donors (Lipinski definition) is 0. The largest absolute Gasteiger partial charge is 0.423 e. The summed E-state index contributed by atoms with van der Waals surface area (Å²) in [5.74, 6) is 2.18. The highest BCUT2D eigenvalue weighted by atomic mass is 32.1. The molecule has 0 aliphatic carbocycles. The molecule has 0 saturated carbocycles. The lowest BCUT2D eigenvalue weighted by Gasteiger charge is -2.27. The second kappa shape index (κ2) is 8.11. The van der Waals surface area contributed by atoms with Gasteiger partial charge in [0.2, 0.25) is 0 Å². The van der Waals surface area contributed by atoms with Gasteiger partial charge in [0.25, 0.3) is 0 Å². The van der Waals surface area contributed by atoms with Crippen LogP contribution in [-0.2, 0) is 0 Å². The summed E-state index contributed by atoms with van der Waals surface area (Å²) in [4.78, 5) is 19.2. The molecule has 0 spiro atoms. The van der Waals surface area contributed by atoms with Gasteiger partial charge in [0, 0.05) is 48.1 Å². The van der Waals surface area contributed by atoms with E-state index in [4.69, 9.17) is 9.97 Å². The van der Waals surface area contributed by atoms with Gasteiger partial charge < -0.3 is 19.2 Å². The van der Waals surface area contributed by atoms with Gasteiger partial charge in [-0.2, -0.15) is 11.3 Å². The molecular formula is C22H28B2N6S. The van der Waals surface area contributed by atoms with Crippen molar-refractivity contribution in [2.75, 3.05) is 45.4 Å². The Balaban J connectivity index is 1.53. The summed E-state index contributed by atoms with van der Waals surface area (Å²) in [6.07, 6.45) is 3.80. The minimum absolute atomic E-state index is 0.200. The average molecular weight is 430 g/mol. The maximum atomic E-state index is 4.71. The number of fused-ring (bicyclic) bond motifs is 2. The van der Waals surface area contributed by atoms with E-state index in [1.54, 1.807) is 0 Å². The van der Waals surface area contributed by atoms with E-state index in [-0.39, 0.29) is 14.0 Å². The smallest absolute Gasteiger partial charge is 0.389 e. The number of thiophene rings is 1. The summed E-state index contributed by atoms with van der Waals surface area (Å²) >= 11 is 1.92. The maximum Gasteiger partial charge on any atom is 0.423 e. The lowest BCUT2D eigenvalue weighted by molar-refractivity contribution is 1.05. The molecule has 9 heteroatoms. The third-order valence-corrected chi connectivity index (χ3v) is 7.56. The molecule has 0 amide bonds. The van der Waals surface area contributed by atoms with Crippen molar-refractivity contribution in [2.45, 2.75) is 27.7 Å². The molecule has 0 bridgehead atoms. The summed E-state index contributed by atoms with van der Waals surface area (Å²) in [5.41, 5.74) is 2.46. The van der Waals surface area contributed by atoms with Crippen LogP contribution in [0.5, 0.6) is 0 Å². The molecule has 0 atom stereocenters. The Kier molecular flexibility index (Phi) is 5.30. The third-order valence-electron chi connectivity index (χ3n) is 6.40. The molecule has 5 heterocycles. The first-order valence-corrected chi connectivity index (χ1v) is 12.1. The van der Waals surface area contributed by atoms with Crippen LogP contribution in [0.15, 0.2) is 48.8 Å². The van der Waals surface area contributed by atoms with Crippen molar-refractivity contribution < 1.29 is 0 Å². The van der Waals surface area contributed by atoms with Crippen molar-refractivity contribution >= 4 is 57.9 Å². The molecule has 3 aromatic rings. The number of hydrogen-bond acceptors (Lipinski definition) is 7. The zero-order chi connectivity index (χ0) is 21.5. The van der Waals surface area contributed by atoms with Gasteiger partial charge in [-0.1, -0.05) is 12.1 Å². The van der Waals surface area contributed by atoms with Gasteiger partial charge in [-0.25, -0.2) is 9.97 Å². The molecule has 0 radical (unpaired) electrons. The van der Waals surface area contributed by atoms with Crippen LogP contribution >= 0.6 is 11.3 Å². The van der Waals surface area contributed by atoms with E-state index in [1.807, 2.05) is 35.9 Å². The van der Waals surface area contributed by atoms with Gasteiger partial charge in [-0.3, -0.25) is 0 Å². The van der Waals surface area contributed by atoms with E-state index in [0.29, 0.717) is 0 Å². The van der Waals surface area contributed by atoms with Crippen molar-refractivity contribution in [3.8, 4) is 0 Å². The van der Waals surface area contributed by atoms with Crippen molar-refractivity contribution in [1.29, 1.82) is 0 Å². The van der Waals surface area contributed by atoms with Gasteiger partial charge in [0.05, 0.1) is 11.4 Å². The Labute approximate surface area is 189 Å². The fourth-order valence-corrected chi connectivity index (χ4v) is 6.36. The van der Waals surface area contributed by atoms with Crippen LogP contribution in [0.4, 0.5) is 23.0 Å². The Hall–Kier alpha value is -2.67. The highest BCUT2D eigenvalue weighted by molar-refractivity contribution is 7.33. The fourth-order valence-electron chi connectivity index (χ4n) is 5.09. The van der Waals surface area contributed by atoms with Gasteiger partial charge in [-0.05, 0) is 52.0 Å². The molecule has 0 fully saturated rings.